The number of nitrogens with zero attached hydrogens (tertiary/aromatic N) is 2. The smallest absolute Gasteiger partial charge is 0.304 e. The molecule has 1 aliphatic carbocycles. The Bertz CT molecular complexity index is 555. The largest absolute Gasteiger partial charge is 0.481 e. The molecule has 7 heteroatoms. The molecule has 1 aliphatic rings. The molecule has 110 valence electrons. The summed E-state index contributed by atoms with van der Waals surface area (Å²) < 4.78 is 26.0. The van der Waals surface area contributed by atoms with Crippen LogP contribution in [-0.4, -0.2) is 47.1 Å². The van der Waals surface area contributed by atoms with Crippen LogP contribution in [0.15, 0.2) is 24.4 Å². The van der Waals surface area contributed by atoms with Gasteiger partial charge in [-0.3, -0.25) is 9.78 Å². The summed E-state index contributed by atoms with van der Waals surface area (Å²) >= 11 is 0. The monoisotopic (exact) mass is 298 g/mol. The lowest BCUT2D eigenvalue weighted by atomic mass is 10.3. The van der Waals surface area contributed by atoms with Crippen molar-refractivity contribution in [3.05, 3.63) is 30.1 Å². The summed E-state index contributed by atoms with van der Waals surface area (Å²) in [6.45, 7) is 0.0601. The standard InChI is InChI=1S/C13H18N2O4S/c16-13(17)6-9-15(12-4-5-12)20(18,19)10-7-11-3-1-2-8-14-11/h1-3,8,12H,4-7,9-10H2,(H,16,17). The van der Waals surface area contributed by atoms with Gasteiger partial charge in [0.05, 0.1) is 12.2 Å². The molecule has 20 heavy (non-hydrogen) atoms. The Morgan fingerprint density at radius 1 is 1.40 bits per heavy atom. The van der Waals surface area contributed by atoms with Crippen LogP contribution < -0.4 is 0 Å². The predicted octanol–water partition coefficient (Wildman–Crippen LogP) is 0.893. The number of carboxylic acid groups (broad SMARTS) is 1. The number of aryl methyl sites for hydroxylation is 1. The molecular weight excluding hydrogens is 280 g/mol. The van der Waals surface area contributed by atoms with Gasteiger partial charge in [0.2, 0.25) is 10.0 Å². The zero-order valence-corrected chi connectivity index (χ0v) is 11.9. The second-order valence-corrected chi connectivity index (χ2v) is 6.91. The molecule has 0 saturated heterocycles. The molecule has 0 radical (unpaired) electrons. The Morgan fingerprint density at radius 2 is 2.15 bits per heavy atom. The van der Waals surface area contributed by atoms with Crippen molar-refractivity contribution in [1.82, 2.24) is 9.29 Å². The highest BCUT2D eigenvalue weighted by atomic mass is 32.2. The van der Waals surface area contributed by atoms with Crippen molar-refractivity contribution in [3.8, 4) is 0 Å². The van der Waals surface area contributed by atoms with Gasteiger partial charge < -0.3 is 5.11 Å². The number of sulfonamides is 1. The molecule has 1 fully saturated rings. The summed E-state index contributed by atoms with van der Waals surface area (Å²) in [4.78, 5) is 14.7. The van der Waals surface area contributed by atoms with Crippen LogP contribution in [0.25, 0.3) is 0 Å². The van der Waals surface area contributed by atoms with E-state index in [9.17, 15) is 13.2 Å². The van der Waals surface area contributed by atoms with Gasteiger partial charge in [0.15, 0.2) is 0 Å². The van der Waals surface area contributed by atoms with E-state index >= 15 is 0 Å². The van der Waals surface area contributed by atoms with E-state index in [1.807, 2.05) is 6.07 Å². The number of carbonyl (C=O) groups is 1. The fourth-order valence-electron chi connectivity index (χ4n) is 2.01. The van der Waals surface area contributed by atoms with Crippen LogP contribution in [0.4, 0.5) is 0 Å². The summed E-state index contributed by atoms with van der Waals surface area (Å²) in [5.74, 6) is -1.00. The van der Waals surface area contributed by atoms with Crippen molar-refractivity contribution in [2.24, 2.45) is 0 Å². The first-order chi connectivity index (χ1) is 9.49. The molecule has 0 unspecified atom stereocenters. The van der Waals surface area contributed by atoms with E-state index in [1.165, 1.54) is 4.31 Å². The molecule has 1 heterocycles. The third-order valence-electron chi connectivity index (χ3n) is 3.20. The third-order valence-corrected chi connectivity index (χ3v) is 5.12. The van der Waals surface area contributed by atoms with Crippen LogP contribution in [0.3, 0.4) is 0 Å². The fraction of sp³-hybridized carbons (Fsp3) is 0.538. The normalized spacial score (nSPS) is 15.4. The maximum Gasteiger partial charge on any atom is 0.304 e. The van der Waals surface area contributed by atoms with E-state index in [2.05, 4.69) is 4.98 Å². The zero-order valence-electron chi connectivity index (χ0n) is 11.1. The van der Waals surface area contributed by atoms with Crippen LogP contribution in [0.2, 0.25) is 0 Å². The molecule has 0 aromatic carbocycles. The Kier molecular flexibility index (Phi) is 4.72. The van der Waals surface area contributed by atoms with Gasteiger partial charge in [0, 0.05) is 30.9 Å². The van der Waals surface area contributed by atoms with Gasteiger partial charge in [-0.25, -0.2) is 8.42 Å². The molecular formula is C13H18N2O4S. The number of pyridine rings is 1. The van der Waals surface area contributed by atoms with Crippen LogP contribution in [-0.2, 0) is 21.2 Å². The average molecular weight is 298 g/mol. The number of hydrogen-bond acceptors (Lipinski definition) is 4. The lowest BCUT2D eigenvalue weighted by Crippen LogP contribution is -2.37. The Morgan fingerprint density at radius 3 is 2.70 bits per heavy atom. The fourth-order valence-corrected chi connectivity index (χ4v) is 3.75. The molecule has 1 aromatic rings. The highest BCUT2D eigenvalue weighted by Gasteiger charge is 2.36. The lowest BCUT2D eigenvalue weighted by Gasteiger charge is -2.20. The first-order valence-electron chi connectivity index (χ1n) is 6.60. The lowest BCUT2D eigenvalue weighted by molar-refractivity contribution is -0.137. The molecule has 6 nitrogen and oxygen atoms in total. The van der Waals surface area contributed by atoms with E-state index in [0.29, 0.717) is 6.42 Å². The SMILES string of the molecule is O=C(O)CCN(C1CC1)S(=O)(=O)CCc1ccccn1. The van der Waals surface area contributed by atoms with Crippen molar-refractivity contribution in [1.29, 1.82) is 0 Å². The summed E-state index contributed by atoms with van der Waals surface area (Å²) in [6, 6.07) is 5.37. The Hall–Kier alpha value is -1.47. The third kappa shape index (κ3) is 4.28. The highest BCUT2D eigenvalue weighted by Crippen LogP contribution is 2.29. The molecule has 0 spiro atoms. The first kappa shape index (κ1) is 14.9. The quantitative estimate of drug-likeness (QED) is 0.770. The van der Waals surface area contributed by atoms with E-state index in [1.54, 1.807) is 18.3 Å². The van der Waals surface area contributed by atoms with Crippen LogP contribution in [0, 0.1) is 0 Å². The topological polar surface area (TPSA) is 87.6 Å². The number of rotatable bonds is 8. The van der Waals surface area contributed by atoms with Gasteiger partial charge in [0.25, 0.3) is 0 Å². The van der Waals surface area contributed by atoms with Gasteiger partial charge in [0.1, 0.15) is 0 Å². The maximum atomic E-state index is 12.3. The Balaban J connectivity index is 1.97. The van der Waals surface area contributed by atoms with Crippen molar-refractivity contribution in [2.45, 2.75) is 31.7 Å². The van der Waals surface area contributed by atoms with E-state index in [4.69, 9.17) is 5.11 Å². The van der Waals surface area contributed by atoms with Crippen molar-refractivity contribution in [2.75, 3.05) is 12.3 Å². The predicted molar refractivity (Wildman–Crippen MR) is 73.7 cm³/mol. The summed E-state index contributed by atoms with van der Waals surface area (Å²) in [6.07, 6.45) is 3.47. The van der Waals surface area contributed by atoms with Gasteiger partial charge in [-0.15, -0.1) is 0 Å². The second-order valence-electron chi connectivity index (χ2n) is 4.87. The zero-order chi connectivity index (χ0) is 14.6. The molecule has 0 amide bonds. The van der Waals surface area contributed by atoms with Crippen molar-refractivity contribution in [3.63, 3.8) is 0 Å². The second kappa shape index (κ2) is 6.32. The van der Waals surface area contributed by atoms with E-state index in [0.717, 1.165) is 18.5 Å². The van der Waals surface area contributed by atoms with Crippen molar-refractivity contribution >= 4 is 16.0 Å². The average Bonchev–Trinajstić information content (AvgIpc) is 3.22. The van der Waals surface area contributed by atoms with Crippen LogP contribution in [0.1, 0.15) is 25.0 Å². The van der Waals surface area contributed by atoms with Gasteiger partial charge >= 0.3 is 5.97 Å². The summed E-state index contributed by atoms with van der Waals surface area (Å²) in [7, 11) is -3.42. The maximum absolute atomic E-state index is 12.3. The van der Waals surface area contributed by atoms with Crippen LogP contribution in [0.5, 0.6) is 0 Å². The van der Waals surface area contributed by atoms with Gasteiger partial charge in [-0.05, 0) is 25.0 Å². The van der Waals surface area contributed by atoms with Crippen molar-refractivity contribution < 1.29 is 18.3 Å². The van der Waals surface area contributed by atoms with E-state index in [-0.39, 0.29) is 24.8 Å². The summed E-state index contributed by atoms with van der Waals surface area (Å²) in [5.41, 5.74) is 0.727. The van der Waals surface area contributed by atoms with Crippen LogP contribution >= 0.6 is 0 Å². The summed E-state index contributed by atoms with van der Waals surface area (Å²) in [5, 5.41) is 8.71. The Labute approximate surface area is 118 Å². The minimum atomic E-state index is -3.42. The van der Waals surface area contributed by atoms with Gasteiger partial charge in [-0.2, -0.15) is 4.31 Å². The van der Waals surface area contributed by atoms with E-state index < -0.39 is 16.0 Å². The molecule has 0 atom stereocenters. The minimum Gasteiger partial charge on any atom is -0.481 e. The molecule has 2 rings (SSSR count). The molecule has 1 aromatic heterocycles. The number of aromatic nitrogens is 1. The molecule has 1 saturated carbocycles. The molecule has 0 aliphatic heterocycles. The highest BCUT2D eigenvalue weighted by molar-refractivity contribution is 7.89. The number of hydrogen-bond donors (Lipinski definition) is 1. The molecule has 1 N–H and O–H groups in total. The number of aliphatic carboxylic acids is 1. The minimum absolute atomic E-state index is 0.0110. The van der Waals surface area contributed by atoms with Gasteiger partial charge in [-0.1, -0.05) is 6.07 Å². The first-order valence-corrected chi connectivity index (χ1v) is 8.21. The number of carboxylic acids is 1. The molecule has 0 bridgehead atoms.